The smallest absolute Gasteiger partial charge is 0.235 e. The van der Waals surface area contributed by atoms with Gasteiger partial charge in [-0.25, -0.2) is 9.13 Å². The molecule has 0 aromatic carbocycles. The molecular weight excluding hydrogens is 328 g/mol. The molecule has 0 saturated heterocycles. The molecule has 0 unspecified atom stereocenters. The number of unbranched alkanes of at least 4 members (excludes halogenated alkanes) is 14. The van der Waals surface area contributed by atoms with Crippen molar-refractivity contribution in [3.8, 4) is 0 Å². The minimum atomic E-state index is 1.10. The largest absolute Gasteiger partial charge is 0.256 e. The summed E-state index contributed by atoms with van der Waals surface area (Å²) in [6, 6.07) is 0. The highest BCUT2D eigenvalue weighted by Gasteiger charge is 2.14. The van der Waals surface area contributed by atoms with Gasteiger partial charge in [0.05, 0.1) is 13.1 Å². The van der Waals surface area contributed by atoms with E-state index in [1.54, 1.807) is 0 Å². The molecule has 1 aromatic heterocycles. The van der Waals surface area contributed by atoms with Crippen LogP contribution in [0.3, 0.4) is 0 Å². The van der Waals surface area contributed by atoms with Crippen molar-refractivity contribution in [2.75, 3.05) is 0 Å². The molecule has 0 saturated carbocycles. The van der Waals surface area contributed by atoms with Crippen LogP contribution in [-0.2, 0) is 19.5 Å². The fourth-order valence-electron chi connectivity index (χ4n) is 4.15. The van der Waals surface area contributed by atoms with Crippen molar-refractivity contribution in [2.24, 2.45) is 0 Å². The van der Waals surface area contributed by atoms with Crippen molar-refractivity contribution in [3.05, 3.63) is 18.2 Å². The Morgan fingerprint density at radius 2 is 1.11 bits per heavy atom. The topological polar surface area (TPSA) is 8.81 Å². The van der Waals surface area contributed by atoms with E-state index in [9.17, 15) is 0 Å². The van der Waals surface area contributed by atoms with Gasteiger partial charge < -0.3 is 0 Å². The van der Waals surface area contributed by atoms with Crippen LogP contribution >= 0.6 is 0 Å². The van der Waals surface area contributed by atoms with Crippen molar-refractivity contribution < 1.29 is 4.57 Å². The Hall–Kier alpha value is -0.790. The van der Waals surface area contributed by atoms with E-state index in [1.165, 1.54) is 122 Å². The third kappa shape index (κ3) is 11.6. The Kier molecular flexibility index (Phi) is 15.6. The van der Waals surface area contributed by atoms with Crippen LogP contribution in [0.2, 0.25) is 0 Å². The molecule has 0 N–H and O–H groups in total. The molecule has 2 heteroatoms. The highest BCUT2D eigenvalue weighted by atomic mass is 15.1. The number of imidazole rings is 1. The Labute approximate surface area is 170 Å². The summed E-state index contributed by atoms with van der Waals surface area (Å²) in [5.74, 6) is 1.52. The van der Waals surface area contributed by atoms with Crippen LogP contribution in [0.25, 0.3) is 0 Å². The number of hydrogen-bond acceptors (Lipinski definition) is 0. The zero-order chi connectivity index (χ0) is 19.6. The highest BCUT2D eigenvalue weighted by Crippen LogP contribution is 2.13. The predicted molar refractivity (Wildman–Crippen MR) is 119 cm³/mol. The van der Waals surface area contributed by atoms with Gasteiger partial charge in [0.2, 0.25) is 0 Å². The van der Waals surface area contributed by atoms with E-state index in [2.05, 4.69) is 42.3 Å². The van der Waals surface area contributed by atoms with Crippen LogP contribution in [0.15, 0.2) is 12.4 Å². The number of hydrogen-bond donors (Lipinski definition) is 0. The molecule has 0 fully saturated rings. The molecule has 1 rings (SSSR count). The highest BCUT2D eigenvalue weighted by molar-refractivity contribution is 4.83. The maximum absolute atomic E-state index is 2.50. The summed E-state index contributed by atoms with van der Waals surface area (Å²) in [4.78, 5) is 0. The van der Waals surface area contributed by atoms with E-state index in [1.807, 2.05) is 0 Å². The van der Waals surface area contributed by atoms with Gasteiger partial charge in [-0.15, -0.1) is 0 Å². The monoisotopic (exact) mass is 377 g/mol. The molecule has 0 atom stereocenters. The molecule has 0 amide bonds. The van der Waals surface area contributed by atoms with Crippen LogP contribution in [0, 0.1) is 0 Å². The van der Waals surface area contributed by atoms with Crippen LogP contribution in [0.4, 0.5) is 0 Å². The first kappa shape index (κ1) is 24.2. The van der Waals surface area contributed by atoms with Gasteiger partial charge in [0.15, 0.2) is 0 Å². The van der Waals surface area contributed by atoms with Crippen LogP contribution in [0.5, 0.6) is 0 Å². The summed E-state index contributed by atoms with van der Waals surface area (Å²) in [5.41, 5.74) is 0. The fraction of sp³-hybridized carbons (Fsp3) is 0.880. The lowest BCUT2D eigenvalue weighted by Gasteiger charge is -2.04. The van der Waals surface area contributed by atoms with Gasteiger partial charge in [0.25, 0.3) is 5.82 Å². The average molecular weight is 378 g/mol. The minimum absolute atomic E-state index is 1.10. The number of aromatic nitrogens is 2. The zero-order valence-corrected chi connectivity index (χ0v) is 19.0. The molecular formula is C25H49N2+. The predicted octanol–water partition coefficient (Wildman–Crippen LogP) is 7.62. The van der Waals surface area contributed by atoms with E-state index in [-0.39, 0.29) is 0 Å². The standard InChI is InChI=1S/C25H49N2/c1-4-7-8-9-10-11-12-13-14-15-16-17-18-19-20-22-27-24-23-26(6-3)25(27)21-5-2/h23-24H,4-22H2,1-3H3/q+1. The second kappa shape index (κ2) is 17.3. The molecule has 2 nitrogen and oxygen atoms in total. The minimum Gasteiger partial charge on any atom is -0.235 e. The average Bonchev–Trinajstić information content (AvgIpc) is 3.07. The van der Waals surface area contributed by atoms with Crippen LogP contribution in [0.1, 0.15) is 129 Å². The van der Waals surface area contributed by atoms with Gasteiger partial charge in [-0.2, -0.15) is 0 Å². The maximum Gasteiger partial charge on any atom is 0.256 e. The zero-order valence-electron chi connectivity index (χ0n) is 19.0. The van der Waals surface area contributed by atoms with Gasteiger partial charge in [-0.05, 0) is 26.2 Å². The van der Waals surface area contributed by atoms with Crippen molar-refractivity contribution >= 4 is 0 Å². The van der Waals surface area contributed by atoms with Crippen molar-refractivity contribution in [1.82, 2.24) is 4.57 Å². The summed E-state index contributed by atoms with van der Waals surface area (Å²) >= 11 is 0. The summed E-state index contributed by atoms with van der Waals surface area (Å²) in [6.45, 7) is 9.14. The van der Waals surface area contributed by atoms with Crippen molar-refractivity contribution in [2.45, 2.75) is 143 Å². The number of aryl methyl sites for hydroxylation is 2. The molecule has 1 aromatic rings. The third-order valence-electron chi connectivity index (χ3n) is 5.91. The van der Waals surface area contributed by atoms with Crippen LogP contribution < -0.4 is 4.57 Å². The first-order valence-corrected chi connectivity index (χ1v) is 12.4. The first-order chi connectivity index (χ1) is 13.3. The Morgan fingerprint density at radius 3 is 1.56 bits per heavy atom. The summed E-state index contributed by atoms with van der Waals surface area (Å²) in [7, 11) is 0. The summed E-state index contributed by atoms with van der Waals surface area (Å²) < 4.78 is 4.91. The summed E-state index contributed by atoms with van der Waals surface area (Å²) in [5, 5.41) is 0. The molecule has 1 heterocycles. The quantitative estimate of drug-likeness (QED) is 0.173. The third-order valence-corrected chi connectivity index (χ3v) is 5.91. The Balaban J connectivity index is 1.90. The fourth-order valence-corrected chi connectivity index (χ4v) is 4.15. The van der Waals surface area contributed by atoms with E-state index in [0.29, 0.717) is 0 Å². The molecule has 0 bridgehead atoms. The van der Waals surface area contributed by atoms with E-state index < -0.39 is 0 Å². The second-order valence-corrected chi connectivity index (χ2v) is 8.39. The van der Waals surface area contributed by atoms with Crippen LogP contribution in [-0.4, -0.2) is 4.57 Å². The van der Waals surface area contributed by atoms with Gasteiger partial charge in [-0.3, -0.25) is 0 Å². The maximum atomic E-state index is 2.50. The molecule has 0 aliphatic heterocycles. The number of nitrogens with zero attached hydrogens (tertiary/aromatic N) is 2. The van der Waals surface area contributed by atoms with Gasteiger partial charge in [0, 0.05) is 6.42 Å². The van der Waals surface area contributed by atoms with Crippen molar-refractivity contribution in [3.63, 3.8) is 0 Å². The molecule has 0 radical (unpaired) electrons. The first-order valence-electron chi connectivity index (χ1n) is 12.4. The molecule has 27 heavy (non-hydrogen) atoms. The van der Waals surface area contributed by atoms with Gasteiger partial charge in [-0.1, -0.05) is 97.3 Å². The number of rotatable bonds is 19. The lowest BCUT2D eigenvalue weighted by molar-refractivity contribution is -0.704. The normalized spacial score (nSPS) is 11.4. The summed E-state index contributed by atoms with van der Waals surface area (Å²) in [6.07, 6.45) is 28.6. The SMILES string of the molecule is CCCCCCCCCCCCCCCCC[n+]1ccn(CC)c1CCC. The van der Waals surface area contributed by atoms with Gasteiger partial charge >= 0.3 is 0 Å². The van der Waals surface area contributed by atoms with Crippen molar-refractivity contribution in [1.29, 1.82) is 0 Å². The van der Waals surface area contributed by atoms with E-state index in [0.717, 1.165) is 6.54 Å². The van der Waals surface area contributed by atoms with E-state index in [4.69, 9.17) is 0 Å². The lowest BCUT2D eigenvalue weighted by atomic mass is 10.0. The molecule has 0 aliphatic rings. The van der Waals surface area contributed by atoms with E-state index >= 15 is 0 Å². The Morgan fingerprint density at radius 1 is 0.630 bits per heavy atom. The lowest BCUT2D eigenvalue weighted by Crippen LogP contribution is -2.37. The Bertz CT molecular complexity index is 436. The molecule has 0 spiro atoms. The van der Waals surface area contributed by atoms with Gasteiger partial charge in [0.1, 0.15) is 12.4 Å². The second-order valence-electron chi connectivity index (χ2n) is 8.39. The molecule has 158 valence electrons. The molecule has 0 aliphatic carbocycles.